The predicted octanol–water partition coefficient (Wildman–Crippen LogP) is 2.00. The monoisotopic (exact) mass is 217 g/mol. The van der Waals surface area contributed by atoms with Gasteiger partial charge in [0.2, 0.25) is 0 Å². The molecule has 2 aliphatic carbocycles. The number of aromatic nitrogens is 2. The molecule has 3 rings (SSSR count). The van der Waals surface area contributed by atoms with Crippen molar-refractivity contribution in [1.82, 2.24) is 15.5 Å². The van der Waals surface area contributed by atoms with Crippen molar-refractivity contribution in [3.05, 3.63) is 24.0 Å². The lowest BCUT2D eigenvalue weighted by Gasteiger charge is -2.21. The van der Waals surface area contributed by atoms with Crippen LogP contribution in [0.15, 0.2) is 18.3 Å². The van der Waals surface area contributed by atoms with E-state index in [4.69, 9.17) is 0 Å². The van der Waals surface area contributed by atoms with E-state index in [1.807, 2.05) is 12.1 Å². The van der Waals surface area contributed by atoms with Crippen molar-refractivity contribution in [1.29, 1.82) is 0 Å². The normalized spacial score (nSPS) is 32.1. The third-order valence-electron chi connectivity index (χ3n) is 4.22. The van der Waals surface area contributed by atoms with E-state index in [0.29, 0.717) is 0 Å². The summed E-state index contributed by atoms with van der Waals surface area (Å²) in [6, 6.07) is 3.97. The summed E-state index contributed by atoms with van der Waals surface area (Å²) in [6.45, 7) is 2.03. The van der Waals surface area contributed by atoms with Gasteiger partial charge in [0.15, 0.2) is 0 Å². The number of fused-ring (bicyclic) bond motifs is 2. The Bertz CT molecular complexity index is 338. The number of hydrogen-bond acceptors (Lipinski definition) is 3. The number of rotatable bonds is 4. The smallest absolute Gasteiger partial charge is 0.0768 e. The zero-order valence-corrected chi connectivity index (χ0v) is 9.60. The quantitative estimate of drug-likeness (QED) is 0.838. The van der Waals surface area contributed by atoms with E-state index >= 15 is 0 Å². The third-order valence-corrected chi connectivity index (χ3v) is 4.22. The largest absolute Gasteiger partial charge is 0.311 e. The molecule has 3 nitrogen and oxygen atoms in total. The topological polar surface area (TPSA) is 37.8 Å². The highest BCUT2D eigenvalue weighted by molar-refractivity contribution is 4.98. The lowest BCUT2D eigenvalue weighted by molar-refractivity contribution is 0.318. The Hall–Kier alpha value is -0.960. The Balaban J connectivity index is 1.44. The first-order valence-corrected chi connectivity index (χ1v) is 6.39. The standard InChI is InChI=1S/C13H19N3/c1-2-13(16-15-5-1)9-14-8-12-7-10-3-4-11(12)6-10/h1-2,5,10-12,14H,3-4,6-9H2. The third kappa shape index (κ3) is 2.09. The van der Waals surface area contributed by atoms with Crippen molar-refractivity contribution >= 4 is 0 Å². The number of nitrogens with one attached hydrogen (secondary N) is 1. The zero-order chi connectivity index (χ0) is 10.8. The fourth-order valence-electron chi connectivity index (χ4n) is 3.44. The molecule has 0 aromatic carbocycles. The summed E-state index contributed by atoms with van der Waals surface area (Å²) in [6.07, 6.45) is 7.64. The van der Waals surface area contributed by atoms with Gasteiger partial charge in [0.05, 0.1) is 5.69 Å². The summed E-state index contributed by atoms with van der Waals surface area (Å²) in [5.74, 6) is 2.99. The summed E-state index contributed by atoms with van der Waals surface area (Å²) in [7, 11) is 0. The van der Waals surface area contributed by atoms with E-state index in [1.165, 1.54) is 25.7 Å². The molecule has 86 valence electrons. The van der Waals surface area contributed by atoms with Crippen molar-refractivity contribution in [3.63, 3.8) is 0 Å². The first kappa shape index (κ1) is 10.2. The molecule has 16 heavy (non-hydrogen) atoms. The van der Waals surface area contributed by atoms with E-state index < -0.39 is 0 Å². The Morgan fingerprint density at radius 3 is 3.00 bits per heavy atom. The van der Waals surface area contributed by atoms with Crippen molar-refractivity contribution in [3.8, 4) is 0 Å². The average molecular weight is 217 g/mol. The van der Waals surface area contributed by atoms with Crippen LogP contribution >= 0.6 is 0 Å². The highest BCUT2D eigenvalue weighted by Gasteiger charge is 2.38. The SMILES string of the molecule is c1cnnc(CNCC2CC3CCC2C3)c1. The minimum atomic E-state index is 0.863. The molecule has 0 spiro atoms. The van der Waals surface area contributed by atoms with Gasteiger partial charge in [-0.05, 0) is 55.7 Å². The van der Waals surface area contributed by atoms with Crippen LogP contribution in [-0.4, -0.2) is 16.7 Å². The number of nitrogens with zero attached hydrogens (tertiary/aromatic N) is 2. The van der Waals surface area contributed by atoms with Crippen LogP contribution in [0, 0.1) is 17.8 Å². The van der Waals surface area contributed by atoms with E-state index in [2.05, 4.69) is 15.5 Å². The van der Waals surface area contributed by atoms with Gasteiger partial charge in [-0.1, -0.05) is 6.42 Å². The maximum Gasteiger partial charge on any atom is 0.0768 e. The molecule has 0 aliphatic heterocycles. The summed E-state index contributed by atoms with van der Waals surface area (Å²) < 4.78 is 0. The first-order valence-electron chi connectivity index (χ1n) is 6.39. The Kier molecular flexibility index (Phi) is 2.87. The summed E-state index contributed by atoms with van der Waals surface area (Å²) >= 11 is 0. The maximum atomic E-state index is 4.08. The molecule has 3 unspecified atom stereocenters. The first-order chi connectivity index (χ1) is 7.92. The Morgan fingerprint density at radius 1 is 1.31 bits per heavy atom. The molecule has 0 saturated heterocycles. The summed E-state index contributed by atoms with van der Waals surface area (Å²) in [4.78, 5) is 0. The van der Waals surface area contributed by atoms with Gasteiger partial charge < -0.3 is 5.32 Å². The fraction of sp³-hybridized carbons (Fsp3) is 0.692. The van der Waals surface area contributed by atoms with Crippen molar-refractivity contribution in [2.75, 3.05) is 6.54 Å². The van der Waals surface area contributed by atoms with Gasteiger partial charge in [0, 0.05) is 12.7 Å². The van der Waals surface area contributed by atoms with Crippen LogP contribution in [0.25, 0.3) is 0 Å². The van der Waals surface area contributed by atoms with Crippen LogP contribution in [-0.2, 0) is 6.54 Å². The second-order valence-corrected chi connectivity index (χ2v) is 5.28. The molecule has 0 radical (unpaired) electrons. The second kappa shape index (κ2) is 4.50. The van der Waals surface area contributed by atoms with Gasteiger partial charge in [-0.15, -0.1) is 0 Å². The van der Waals surface area contributed by atoms with Gasteiger partial charge >= 0.3 is 0 Å². The molecule has 3 heteroatoms. The van der Waals surface area contributed by atoms with Gasteiger partial charge in [0.25, 0.3) is 0 Å². The molecule has 2 bridgehead atoms. The highest BCUT2D eigenvalue weighted by Crippen LogP contribution is 2.47. The van der Waals surface area contributed by atoms with Crippen LogP contribution in [0.4, 0.5) is 0 Å². The lowest BCUT2D eigenvalue weighted by atomic mass is 9.89. The van der Waals surface area contributed by atoms with Crippen molar-refractivity contribution in [2.24, 2.45) is 17.8 Å². The van der Waals surface area contributed by atoms with E-state index in [-0.39, 0.29) is 0 Å². The molecule has 1 N–H and O–H groups in total. The maximum absolute atomic E-state index is 4.08. The average Bonchev–Trinajstić information content (AvgIpc) is 2.92. The molecule has 3 atom stereocenters. The highest BCUT2D eigenvalue weighted by atomic mass is 15.1. The molecule has 0 amide bonds. The summed E-state index contributed by atoms with van der Waals surface area (Å²) in [5.41, 5.74) is 1.05. The van der Waals surface area contributed by atoms with E-state index in [9.17, 15) is 0 Å². The molecular weight excluding hydrogens is 198 g/mol. The number of hydrogen-bond donors (Lipinski definition) is 1. The molecule has 1 aromatic heterocycles. The van der Waals surface area contributed by atoms with Gasteiger partial charge in [0.1, 0.15) is 0 Å². The second-order valence-electron chi connectivity index (χ2n) is 5.28. The van der Waals surface area contributed by atoms with Crippen LogP contribution in [0.2, 0.25) is 0 Å². The van der Waals surface area contributed by atoms with Gasteiger partial charge in [-0.3, -0.25) is 0 Å². The van der Waals surface area contributed by atoms with Crippen LogP contribution in [0.5, 0.6) is 0 Å². The van der Waals surface area contributed by atoms with Crippen molar-refractivity contribution in [2.45, 2.75) is 32.2 Å². The lowest BCUT2D eigenvalue weighted by Crippen LogP contribution is -2.26. The zero-order valence-electron chi connectivity index (χ0n) is 9.60. The minimum Gasteiger partial charge on any atom is -0.311 e. The van der Waals surface area contributed by atoms with E-state index in [1.54, 1.807) is 6.20 Å². The van der Waals surface area contributed by atoms with Gasteiger partial charge in [-0.25, -0.2) is 0 Å². The van der Waals surface area contributed by atoms with Gasteiger partial charge in [-0.2, -0.15) is 10.2 Å². The minimum absolute atomic E-state index is 0.863. The Morgan fingerprint density at radius 2 is 2.31 bits per heavy atom. The molecule has 2 fully saturated rings. The fourth-order valence-corrected chi connectivity index (χ4v) is 3.44. The Labute approximate surface area is 96.7 Å². The van der Waals surface area contributed by atoms with Crippen molar-refractivity contribution < 1.29 is 0 Å². The molecule has 1 heterocycles. The summed E-state index contributed by atoms with van der Waals surface area (Å²) in [5, 5.41) is 11.5. The molecule has 1 aromatic rings. The molecule has 2 aliphatic rings. The van der Waals surface area contributed by atoms with Crippen LogP contribution in [0.3, 0.4) is 0 Å². The molecule has 2 saturated carbocycles. The van der Waals surface area contributed by atoms with Crippen LogP contribution < -0.4 is 5.32 Å². The van der Waals surface area contributed by atoms with E-state index in [0.717, 1.165) is 36.5 Å². The van der Waals surface area contributed by atoms with Crippen LogP contribution in [0.1, 0.15) is 31.4 Å². The molecular formula is C13H19N3. The predicted molar refractivity (Wildman–Crippen MR) is 62.7 cm³/mol.